The zero-order valence-electron chi connectivity index (χ0n) is 14.8. The van der Waals surface area contributed by atoms with Crippen LogP contribution >= 0.6 is 0 Å². The number of carbonyl (C=O) groups is 2. The van der Waals surface area contributed by atoms with Gasteiger partial charge in [0.15, 0.2) is 0 Å². The third-order valence-electron chi connectivity index (χ3n) is 4.95. The number of benzene rings is 3. The van der Waals surface area contributed by atoms with E-state index in [9.17, 15) is 22.6 Å². The molecule has 0 spiro atoms. The number of imide groups is 1. The minimum Gasteiger partial charge on any atom is -0.399 e. The monoisotopic (exact) mass is 396 g/mol. The zero-order chi connectivity index (χ0) is 20.2. The van der Waals surface area contributed by atoms with Gasteiger partial charge in [-0.3, -0.25) is 19.0 Å². The second kappa shape index (κ2) is 6.15. The Balaban J connectivity index is 1.93. The molecule has 1 atom stereocenters. The maximum absolute atomic E-state index is 13.2. The third kappa shape index (κ3) is 2.74. The van der Waals surface area contributed by atoms with Crippen molar-refractivity contribution in [2.24, 2.45) is 0 Å². The molecule has 3 aromatic carbocycles. The van der Waals surface area contributed by atoms with Crippen molar-refractivity contribution in [2.75, 3.05) is 5.73 Å². The van der Waals surface area contributed by atoms with Gasteiger partial charge in [-0.25, -0.2) is 0 Å². The Morgan fingerprint density at radius 2 is 1.61 bits per heavy atom. The lowest BCUT2D eigenvalue weighted by molar-refractivity contribution is 0.0549. The molecule has 1 aliphatic heterocycles. The van der Waals surface area contributed by atoms with Gasteiger partial charge in [-0.2, -0.15) is 8.42 Å². The first-order chi connectivity index (χ1) is 13.2. The number of nitrogens with zero attached hydrogens (tertiary/aromatic N) is 1. The Morgan fingerprint density at radius 1 is 0.964 bits per heavy atom. The SMILES string of the molecule is C[C@H](c1ccc(N)cc1)N1C(=O)c2cccc3cc(S(=O)(=O)O)cc(c23)C1=O. The summed E-state index contributed by atoms with van der Waals surface area (Å²) in [5, 5.41) is 0.773. The van der Waals surface area contributed by atoms with E-state index in [1.807, 2.05) is 0 Å². The van der Waals surface area contributed by atoms with Crippen LogP contribution in [0.2, 0.25) is 0 Å². The number of rotatable bonds is 3. The largest absolute Gasteiger partial charge is 0.399 e. The number of amides is 2. The van der Waals surface area contributed by atoms with Gasteiger partial charge in [0, 0.05) is 16.6 Å². The number of hydrogen-bond acceptors (Lipinski definition) is 5. The molecule has 0 unspecified atom stereocenters. The summed E-state index contributed by atoms with van der Waals surface area (Å²) < 4.78 is 32.7. The molecule has 7 nitrogen and oxygen atoms in total. The molecular formula is C20H16N2O5S. The Bertz CT molecular complexity index is 1250. The number of hydrogen-bond donors (Lipinski definition) is 2. The molecule has 8 heteroatoms. The predicted molar refractivity (Wildman–Crippen MR) is 104 cm³/mol. The van der Waals surface area contributed by atoms with E-state index in [1.165, 1.54) is 6.07 Å². The summed E-state index contributed by atoms with van der Waals surface area (Å²) >= 11 is 0. The molecule has 3 aromatic rings. The lowest BCUT2D eigenvalue weighted by atomic mass is 9.92. The van der Waals surface area contributed by atoms with E-state index in [1.54, 1.807) is 49.4 Å². The van der Waals surface area contributed by atoms with Crippen molar-refractivity contribution < 1.29 is 22.6 Å². The molecule has 2 amide bonds. The molecule has 3 N–H and O–H groups in total. The highest BCUT2D eigenvalue weighted by Gasteiger charge is 2.37. The third-order valence-corrected chi connectivity index (χ3v) is 5.78. The maximum Gasteiger partial charge on any atom is 0.294 e. The Labute approximate surface area is 161 Å². The van der Waals surface area contributed by atoms with Crippen LogP contribution < -0.4 is 5.73 Å². The second-order valence-electron chi connectivity index (χ2n) is 6.67. The van der Waals surface area contributed by atoms with Crippen molar-refractivity contribution in [3.05, 3.63) is 71.3 Å². The van der Waals surface area contributed by atoms with Crippen LogP contribution in [-0.2, 0) is 10.1 Å². The quantitative estimate of drug-likeness (QED) is 0.399. The first-order valence-electron chi connectivity index (χ1n) is 8.46. The lowest BCUT2D eigenvalue weighted by Gasteiger charge is -2.32. The van der Waals surface area contributed by atoms with Crippen molar-refractivity contribution in [3.63, 3.8) is 0 Å². The molecule has 0 saturated carbocycles. The molecule has 0 bridgehead atoms. The van der Waals surface area contributed by atoms with Crippen molar-refractivity contribution in [1.29, 1.82) is 0 Å². The fourth-order valence-electron chi connectivity index (χ4n) is 3.52. The molecule has 0 radical (unpaired) electrons. The van der Waals surface area contributed by atoms with Crippen molar-refractivity contribution >= 4 is 38.4 Å². The highest BCUT2D eigenvalue weighted by atomic mass is 32.2. The Kier molecular flexibility index (Phi) is 3.99. The standard InChI is InChI=1S/C20H16N2O5S/c1-11(12-5-7-14(21)8-6-12)22-19(23)16-4-2-3-13-9-15(28(25,26)27)10-17(18(13)16)20(22)24/h2-11H,21H2,1H3,(H,25,26,27)/t11-/m1/s1. The summed E-state index contributed by atoms with van der Waals surface area (Å²) in [6, 6.07) is 13.4. The van der Waals surface area contributed by atoms with Gasteiger partial charge in [0.2, 0.25) is 0 Å². The van der Waals surface area contributed by atoms with E-state index in [0.717, 1.165) is 11.0 Å². The molecule has 0 saturated heterocycles. The van der Waals surface area contributed by atoms with Gasteiger partial charge in [-0.05, 0) is 48.2 Å². The van der Waals surface area contributed by atoms with E-state index < -0.39 is 32.9 Å². The first kappa shape index (κ1) is 18.1. The molecule has 28 heavy (non-hydrogen) atoms. The number of nitrogen functional groups attached to an aromatic ring is 1. The summed E-state index contributed by atoms with van der Waals surface area (Å²) in [5.74, 6) is -1.09. The van der Waals surface area contributed by atoms with Gasteiger partial charge in [-0.15, -0.1) is 0 Å². The summed E-state index contributed by atoms with van der Waals surface area (Å²) in [5.41, 5.74) is 7.33. The molecule has 1 heterocycles. The highest BCUT2D eigenvalue weighted by molar-refractivity contribution is 7.85. The van der Waals surface area contributed by atoms with Gasteiger partial charge >= 0.3 is 0 Å². The first-order valence-corrected chi connectivity index (χ1v) is 9.90. The molecule has 1 aliphatic rings. The van der Waals surface area contributed by atoms with Crippen LogP contribution in [0.15, 0.2) is 59.5 Å². The van der Waals surface area contributed by atoms with Gasteiger partial charge in [0.25, 0.3) is 21.9 Å². The normalized spacial score (nSPS) is 15.1. The van der Waals surface area contributed by atoms with Crippen LogP contribution in [-0.4, -0.2) is 29.7 Å². The molecule has 4 rings (SSSR count). The van der Waals surface area contributed by atoms with Crippen LogP contribution in [0.4, 0.5) is 5.69 Å². The van der Waals surface area contributed by atoms with Gasteiger partial charge < -0.3 is 5.73 Å². The van der Waals surface area contributed by atoms with E-state index in [-0.39, 0.29) is 5.56 Å². The van der Waals surface area contributed by atoms with Crippen LogP contribution in [0.1, 0.15) is 39.2 Å². The van der Waals surface area contributed by atoms with Gasteiger partial charge in [0.1, 0.15) is 0 Å². The summed E-state index contributed by atoms with van der Waals surface area (Å²) in [7, 11) is -4.52. The minimum atomic E-state index is -4.52. The number of anilines is 1. The lowest BCUT2D eigenvalue weighted by Crippen LogP contribution is -2.42. The molecular weight excluding hydrogens is 380 g/mol. The summed E-state index contributed by atoms with van der Waals surface area (Å²) in [6.07, 6.45) is 0. The van der Waals surface area contributed by atoms with Crippen LogP contribution in [0.25, 0.3) is 10.8 Å². The van der Waals surface area contributed by atoms with Gasteiger partial charge in [0.05, 0.1) is 16.5 Å². The molecule has 0 aliphatic carbocycles. The van der Waals surface area contributed by atoms with E-state index in [4.69, 9.17) is 5.73 Å². The highest BCUT2D eigenvalue weighted by Crippen LogP contribution is 2.36. The van der Waals surface area contributed by atoms with Crippen LogP contribution in [0.3, 0.4) is 0 Å². The summed E-state index contributed by atoms with van der Waals surface area (Å²) in [4.78, 5) is 27.0. The van der Waals surface area contributed by atoms with Crippen molar-refractivity contribution in [1.82, 2.24) is 4.90 Å². The zero-order valence-corrected chi connectivity index (χ0v) is 15.6. The van der Waals surface area contributed by atoms with Crippen LogP contribution in [0.5, 0.6) is 0 Å². The minimum absolute atomic E-state index is 0.0580. The fraction of sp³-hybridized carbons (Fsp3) is 0.100. The van der Waals surface area contributed by atoms with E-state index in [2.05, 4.69) is 0 Å². The Hall–Kier alpha value is -3.23. The van der Waals surface area contributed by atoms with Gasteiger partial charge in [-0.1, -0.05) is 24.3 Å². The topological polar surface area (TPSA) is 118 Å². The Morgan fingerprint density at radius 3 is 2.25 bits per heavy atom. The number of carbonyl (C=O) groups excluding carboxylic acids is 2. The molecule has 142 valence electrons. The maximum atomic E-state index is 13.2. The average molecular weight is 396 g/mol. The second-order valence-corrected chi connectivity index (χ2v) is 8.09. The smallest absolute Gasteiger partial charge is 0.294 e. The molecule has 0 aromatic heterocycles. The number of nitrogens with two attached hydrogens (primary N) is 1. The summed E-state index contributed by atoms with van der Waals surface area (Å²) in [6.45, 7) is 1.71. The van der Waals surface area contributed by atoms with E-state index in [0.29, 0.717) is 27.6 Å². The molecule has 0 fully saturated rings. The van der Waals surface area contributed by atoms with Crippen molar-refractivity contribution in [2.45, 2.75) is 17.9 Å². The fourth-order valence-corrected chi connectivity index (χ4v) is 4.07. The van der Waals surface area contributed by atoms with Crippen LogP contribution in [0, 0.1) is 0 Å². The predicted octanol–water partition coefficient (Wildman–Crippen LogP) is 3.03. The average Bonchev–Trinajstić information content (AvgIpc) is 2.65. The van der Waals surface area contributed by atoms with Crippen molar-refractivity contribution in [3.8, 4) is 0 Å². The van der Waals surface area contributed by atoms with E-state index >= 15 is 0 Å².